The molecule has 0 spiro atoms. The standard InChI is InChI=1S/C14H27NO/c1-4-15-10-14(9-11(2)3)7-8-16-13(14)12-5-6-12/h11-13,15H,4-10H2,1-3H3. The lowest BCUT2D eigenvalue weighted by Gasteiger charge is -2.36. The van der Waals surface area contributed by atoms with Crippen molar-refractivity contribution < 1.29 is 4.74 Å². The van der Waals surface area contributed by atoms with E-state index in [9.17, 15) is 0 Å². The van der Waals surface area contributed by atoms with Crippen molar-refractivity contribution in [3.8, 4) is 0 Å². The fourth-order valence-electron chi connectivity index (χ4n) is 3.41. The van der Waals surface area contributed by atoms with Gasteiger partial charge in [0.25, 0.3) is 0 Å². The molecule has 2 atom stereocenters. The van der Waals surface area contributed by atoms with Crippen molar-refractivity contribution in [2.45, 2.75) is 52.6 Å². The van der Waals surface area contributed by atoms with Crippen molar-refractivity contribution in [3.05, 3.63) is 0 Å². The van der Waals surface area contributed by atoms with Gasteiger partial charge in [0.05, 0.1) is 6.10 Å². The Labute approximate surface area is 100 Å². The molecule has 1 aliphatic heterocycles. The molecule has 2 aliphatic rings. The number of nitrogens with one attached hydrogen (secondary N) is 1. The number of rotatable bonds is 6. The van der Waals surface area contributed by atoms with E-state index in [4.69, 9.17) is 4.74 Å². The Morgan fingerprint density at radius 3 is 2.69 bits per heavy atom. The van der Waals surface area contributed by atoms with E-state index in [1.807, 2.05) is 0 Å². The van der Waals surface area contributed by atoms with Crippen LogP contribution in [0, 0.1) is 17.3 Å². The molecule has 2 fully saturated rings. The first-order valence-corrected chi connectivity index (χ1v) is 7.00. The third-order valence-corrected chi connectivity index (χ3v) is 4.09. The normalized spacial score (nSPS) is 34.9. The van der Waals surface area contributed by atoms with Crippen LogP contribution in [0.3, 0.4) is 0 Å². The summed E-state index contributed by atoms with van der Waals surface area (Å²) >= 11 is 0. The first kappa shape index (κ1) is 12.4. The zero-order valence-electron chi connectivity index (χ0n) is 11.1. The molecule has 2 rings (SSSR count). The number of ether oxygens (including phenoxy) is 1. The van der Waals surface area contributed by atoms with Crippen molar-refractivity contribution in [3.63, 3.8) is 0 Å². The second kappa shape index (κ2) is 5.05. The van der Waals surface area contributed by atoms with Gasteiger partial charge in [0.1, 0.15) is 0 Å². The summed E-state index contributed by atoms with van der Waals surface area (Å²) < 4.78 is 6.05. The Morgan fingerprint density at radius 1 is 1.38 bits per heavy atom. The van der Waals surface area contributed by atoms with Crippen LogP contribution in [0.5, 0.6) is 0 Å². The van der Waals surface area contributed by atoms with Crippen LogP contribution in [-0.2, 0) is 4.74 Å². The van der Waals surface area contributed by atoms with Gasteiger partial charge in [-0.1, -0.05) is 20.8 Å². The summed E-state index contributed by atoms with van der Waals surface area (Å²) in [5.41, 5.74) is 0.436. The van der Waals surface area contributed by atoms with Gasteiger partial charge in [-0.05, 0) is 44.1 Å². The molecule has 0 amide bonds. The SMILES string of the molecule is CCNCC1(CC(C)C)CCOC1C1CC1. The Balaban J connectivity index is 2.04. The summed E-state index contributed by atoms with van der Waals surface area (Å²) in [4.78, 5) is 0. The maximum absolute atomic E-state index is 6.05. The lowest BCUT2D eigenvalue weighted by molar-refractivity contribution is 0.0210. The van der Waals surface area contributed by atoms with Gasteiger partial charge < -0.3 is 10.1 Å². The first-order valence-electron chi connectivity index (χ1n) is 7.00. The van der Waals surface area contributed by atoms with Gasteiger partial charge in [-0.3, -0.25) is 0 Å². The quantitative estimate of drug-likeness (QED) is 0.750. The van der Waals surface area contributed by atoms with Crippen LogP contribution in [-0.4, -0.2) is 25.8 Å². The lowest BCUT2D eigenvalue weighted by Crippen LogP contribution is -2.42. The van der Waals surface area contributed by atoms with Crippen molar-refractivity contribution in [2.24, 2.45) is 17.3 Å². The minimum atomic E-state index is 0.436. The fourth-order valence-corrected chi connectivity index (χ4v) is 3.41. The van der Waals surface area contributed by atoms with E-state index >= 15 is 0 Å². The summed E-state index contributed by atoms with van der Waals surface area (Å²) in [6, 6.07) is 0. The van der Waals surface area contributed by atoms with Gasteiger partial charge in [-0.25, -0.2) is 0 Å². The van der Waals surface area contributed by atoms with Gasteiger partial charge in [0, 0.05) is 18.6 Å². The summed E-state index contributed by atoms with van der Waals surface area (Å²) in [5, 5.41) is 3.57. The highest BCUT2D eigenvalue weighted by Crippen LogP contribution is 2.50. The molecule has 1 heterocycles. The van der Waals surface area contributed by atoms with E-state index in [1.165, 1.54) is 25.7 Å². The summed E-state index contributed by atoms with van der Waals surface area (Å²) in [6.07, 6.45) is 5.93. The molecule has 0 radical (unpaired) electrons. The molecule has 1 N–H and O–H groups in total. The largest absolute Gasteiger partial charge is 0.377 e. The minimum Gasteiger partial charge on any atom is -0.377 e. The minimum absolute atomic E-state index is 0.436. The molecular formula is C14H27NO. The van der Waals surface area contributed by atoms with Crippen molar-refractivity contribution in [2.75, 3.05) is 19.7 Å². The second-order valence-corrected chi connectivity index (χ2v) is 6.12. The molecule has 2 unspecified atom stereocenters. The maximum Gasteiger partial charge on any atom is 0.0672 e. The van der Waals surface area contributed by atoms with Crippen molar-refractivity contribution in [1.29, 1.82) is 0 Å². The number of hydrogen-bond donors (Lipinski definition) is 1. The topological polar surface area (TPSA) is 21.3 Å². The van der Waals surface area contributed by atoms with Gasteiger partial charge in [0.2, 0.25) is 0 Å². The van der Waals surface area contributed by atoms with E-state index in [1.54, 1.807) is 0 Å². The third-order valence-electron chi connectivity index (χ3n) is 4.09. The molecule has 0 aromatic carbocycles. The van der Waals surface area contributed by atoms with E-state index in [2.05, 4.69) is 26.1 Å². The predicted molar refractivity (Wildman–Crippen MR) is 67.5 cm³/mol. The summed E-state index contributed by atoms with van der Waals surface area (Å²) in [7, 11) is 0. The molecule has 2 heteroatoms. The Bertz CT molecular complexity index is 225. The van der Waals surface area contributed by atoms with Crippen molar-refractivity contribution >= 4 is 0 Å². The predicted octanol–water partition coefficient (Wildman–Crippen LogP) is 2.83. The van der Waals surface area contributed by atoms with E-state index < -0.39 is 0 Å². The summed E-state index contributed by atoms with van der Waals surface area (Å²) in [5.74, 6) is 1.65. The molecule has 1 aliphatic carbocycles. The van der Waals surface area contributed by atoms with Gasteiger partial charge in [-0.2, -0.15) is 0 Å². The number of hydrogen-bond acceptors (Lipinski definition) is 2. The first-order chi connectivity index (χ1) is 7.68. The van der Waals surface area contributed by atoms with Crippen LogP contribution in [0.15, 0.2) is 0 Å². The van der Waals surface area contributed by atoms with Gasteiger partial charge >= 0.3 is 0 Å². The molecule has 16 heavy (non-hydrogen) atoms. The second-order valence-electron chi connectivity index (χ2n) is 6.12. The molecule has 0 aromatic heterocycles. The van der Waals surface area contributed by atoms with Crippen LogP contribution in [0.25, 0.3) is 0 Å². The molecule has 0 bridgehead atoms. The van der Waals surface area contributed by atoms with Crippen LogP contribution in [0.1, 0.15) is 46.5 Å². The average Bonchev–Trinajstić information content (AvgIpc) is 2.98. The smallest absolute Gasteiger partial charge is 0.0672 e. The summed E-state index contributed by atoms with van der Waals surface area (Å²) in [6.45, 7) is 10.1. The lowest BCUT2D eigenvalue weighted by atomic mass is 9.73. The van der Waals surface area contributed by atoms with E-state index in [-0.39, 0.29) is 0 Å². The fraction of sp³-hybridized carbons (Fsp3) is 1.00. The zero-order valence-corrected chi connectivity index (χ0v) is 11.1. The molecule has 1 saturated carbocycles. The van der Waals surface area contributed by atoms with Gasteiger partial charge in [0.15, 0.2) is 0 Å². The van der Waals surface area contributed by atoms with Crippen molar-refractivity contribution in [1.82, 2.24) is 5.32 Å². The molecular weight excluding hydrogens is 198 g/mol. The average molecular weight is 225 g/mol. The highest BCUT2D eigenvalue weighted by Gasteiger charge is 2.50. The van der Waals surface area contributed by atoms with Gasteiger partial charge in [-0.15, -0.1) is 0 Å². The highest BCUT2D eigenvalue weighted by atomic mass is 16.5. The van der Waals surface area contributed by atoms with E-state index in [0.717, 1.165) is 31.5 Å². The Hall–Kier alpha value is -0.0800. The van der Waals surface area contributed by atoms with Crippen LogP contribution >= 0.6 is 0 Å². The monoisotopic (exact) mass is 225 g/mol. The van der Waals surface area contributed by atoms with Crippen LogP contribution < -0.4 is 5.32 Å². The Kier molecular flexibility index (Phi) is 3.91. The third kappa shape index (κ3) is 2.60. The van der Waals surface area contributed by atoms with Crippen LogP contribution in [0.4, 0.5) is 0 Å². The maximum atomic E-state index is 6.05. The molecule has 1 saturated heterocycles. The van der Waals surface area contributed by atoms with Crippen LogP contribution in [0.2, 0.25) is 0 Å². The molecule has 2 nitrogen and oxygen atoms in total. The molecule has 0 aromatic rings. The molecule has 94 valence electrons. The zero-order chi connectivity index (χ0) is 11.6. The Morgan fingerprint density at radius 2 is 2.12 bits per heavy atom. The highest BCUT2D eigenvalue weighted by molar-refractivity contribution is 5.00. The van der Waals surface area contributed by atoms with E-state index in [0.29, 0.717) is 11.5 Å².